The standard InChI is InChI=1S/C17H15ClFNO3S/c1-3-7-20(8-4-2)14(21)10-23-17(22)16-15(18)12-6-5-11(19)9-13(12)24-16/h3-6,9H,1-2,7-8,10H2. The number of esters is 1. The lowest BCUT2D eigenvalue weighted by Crippen LogP contribution is -2.34. The van der Waals surface area contributed by atoms with Gasteiger partial charge in [-0.25, -0.2) is 9.18 Å². The Kier molecular flexibility index (Phi) is 6.11. The van der Waals surface area contributed by atoms with E-state index in [1.807, 2.05) is 0 Å². The smallest absolute Gasteiger partial charge is 0.350 e. The highest BCUT2D eigenvalue weighted by molar-refractivity contribution is 7.21. The van der Waals surface area contributed by atoms with Crippen molar-refractivity contribution in [3.63, 3.8) is 0 Å². The molecule has 0 radical (unpaired) electrons. The number of nitrogens with zero attached hydrogens (tertiary/aromatic N) is 1. The van der Waals surface area contributed by atoms with Gasteiger partial charge in [0.1, 0.15) is 10.7 Å². The predicted octanol–water partition coefficient (Wildman–Crippen LogP) is 4.05. The van der Waals surface area contributed by atoms with Gasteiger partial charge in [0.2, 0.25) is 0 Å². The highest BCUT2D eigenvalue weighted by Gasteiger charge is 2.21. The molecule has 0 aliphatic heterocycles. The Morgan fingerprint density at radius 2 is 1.96 bits per heavy atom. The lowest BCUT2D eigenvalue weighted by Gasteiger charge is -2.18. The monoisotopic (exact) mass is 367 g/mol. The lowest BCUT2D eigenvalue weighted by atomic mass is 10.2. The van der Waals surface area contributed by atoms with E-state index in [1.54, 1.807) is 12.2 Å². The molecule has 1 aromatic heterocycles. The minimum Gasteiger partial charge on any atom is -0.451 e. The summed E-state index contributed by atoms with van der Waals surface area (Å²) in [5.41, 5.74) is 0. The fourth-order valence-electron chi connectivity index (χ4n) is 2.04. The van der Waals surface area contributed by atoms with Crippen LogP contribution in [0.3, 0.4) is 0 Å². The van der Waals surface area contributed by atoms with Crippen molar-refractivity contribution in [3.8, 4) is 0 Å². The van der Waals surface area contributed by atoms with Crippen LogP contribution in [0.2, 0.25) is 5.02 Å². The molecule has 1 aromatic carbocycles. The minimum atomic E-state index is -0.716. The molecule has 7 heteroatoms. The van der Waals surface area contributed by atoms with Crippen molar-refractivity contribution < 1.29 is 18.7 Å². The van der Waals surface area contributed by atoms with Crippen molar-refractivity contribution in [1.82, 2.24) is 4.90 Å². The highest BCUT2D eigenvalue weighted by Crippen LogP contribution is 2.36. The lowest BCUT2D eigenvalue weighted by molar-refractivity contribution is -0.133. The minimum absolute atomic E-state index is 0.143. The Morgan fingerprint density at radius 3 is 2.58 bits per heavy atom. The average molecular weight is 368 g/mol. The molecule has 0 bridgehead atoms. The summed E-state index contributed by atoms with van der Waals surface area (Å²) in [7, 11) is 0. The van der Waals surface area contributed by atoms with Gasteiger partial charge in [0.15, 0.2) is 6.61 Å². The molecule has 0 saturated heterocycles. The maximum Gasteiger partial charge on any atom is 0.350 e. The Labute approximate surface area is 147 Å². The summed E-state index contributed by atoms with van der Waals surface area (Å²) in [5.74, 6) is -1.50. The molecule has 2 aromatic rings. The third-order valence-corrected chi connectivity index (χ3v) is 4.79. The van der Waals surface area contributed by atoms with Gasteiger partial charge in [-0.3, -0.25) is 4.79 Å². The second-order valence-corrected chi connectivity index (χ2v) is 6.27. The van der Waals surface area contributed by atoms with Crippen LogP contribution in [0.5, 0.6) is 0 Å². The first-order chi connectivity index (χ1) is 11.5. The van der Waals surface area contributed by atoms with Crippen molar-refractivity contribution in [2.75, 3.05) is 19.7 Å². The zero-order valence-corrected chi connectivity index (χ0v) is 14.3. The molecular weight excluding hydrogens is 353 g/mol. The summed E-state index contributed by atoms with van der Waals surface area (Å²) in [6, 6.07) is 4.06. The van der Waals surface area contributed by atoms with Crippen LogP contribution in [0.1, 0.15) is 9.67 Å². The number of carbonyl (C=O) groups is 2. The maximum atomic E-state index is 13.2. The van der Waals surface area contributed by atoms with Crippen molar-refractivity contribution >= 4 is 44.9 Å². The Bertz CT molecular complexity index is 792. The van der Waals surface area contributed by atoms with E-state index in [-0.39, 0.29) is 15.8 Å². The van der Waals surface area contributed by atoms with Crippen LogP contribution in [0.15, 0.2) is 43.5 Å². The van der Waals surface area contributed by atoms with E-state index in [9.17, 15) is 14.0 Å². The number of halogens is 2. The van der Waals surface area contributed by atoms with Crippen molar-refractivity contribution in [2.24, 2.45) is 0 Å². The van der Waals surface area contributed by atoms with Crippen LogP contribution in [0.4, 0.5) is 4.39 Å². The summed E-state index contributed by atoms with van der Waals surface area (Å²) < 4.78 is 18.8. The van der Waals surface area contributed by atoms with Crippen LogP contribution in [0, 0.1) is 5.82 Å². The molecule has 4 nitrogen and oxygen atoms in total. The van der Waals surface area contributed by atoms with E-state index < -0.39 is 18.4 Å². The van der Waals surface area contributed by atoms with Gasteiger partial charge in [-0.1, -0.05) is 23.8 Å². The third kappa shape index (κ3) is 4.01. The molecule has 126 valence electrons. The van der Waals surface area contributed by atoms with Crippen molar-refractivity contribution in [2.45, 2.75) is 0 Å². The molecule has 1 heterocycles. The topological polar surface area (TPSA) is 46.6 Å². The largest absolute Gasteiger partial charge is 0.451 e. The molecule has 24 heavy (non-hydrogen) atoms. The van der Waals surface area contributed by atoms with E-state index in [2.05, 4.69) is 13.2 Å². The van der Waals surface area contributed by atoms with E-state index in [0.717, 1.165) is 11.3 Å². The van der Waals surface area contributed by atoms with Crippen LogP contribution < -0.4 is 0 Å². The molecule has 1 amide bonds. The molecule has 0 fully saturated rings. The Balaban J connectivity index is 2.09. The van der Waals surface area contributed by atoms with Gasteiger partial charge >= 0.3 is 5.97 Å². The normalized spacial score (nSPS) is 10.4. The number of rotatable bonds is 7. The zero-order valence-electron chi connectivity index (χ0n) is 12.8. The number of amides is 1. The quantitative estimate of drug-likeness (QED) is 0.548. The maximum absolute atomic E-state index is 13.2. The third-order valence-electron chi connectivity index (χ3n) is 3.16. The van der Waals surface area contributed by atoms with Crippen LogP contribution in [0.25, 0.3) is 10.1 Å². The van der Waals surface area contributed by atoms with Gasteiger partial charge in [-0.05, 0) is 18.2 Å². The van der Waals surface area contributed by atoms with Gasteiger partial charge in [0.25, 0.3) is 5.91 Å². The van der Waals surface area contributed by atoms with E-state index in [1.165, 1.54) is 23.1 Å². The molecule has 0 unspecified atom stereocenters. The second kappa shape index (κ2) is 8.08. The molecule has 0 N–H and O–H groups in total. The number of carbonyl (C=O) groups excluding carboxylic acids is 2. The molecule has 0 atom stereocenters. The Hall–Kier alpha value is -2.18. The SMILES string of the molecule is C=CCN(CC=C)C(=O)COC(=O)c1sc2cc(F)ccc2c1Cl. The van der Waals surface area contributed by atoms with E-state index in [4.69, 9.17) is 16.3 Å². The van der Waals surface area contributed by atoms with Crippen molar-refractivity contribution in [3.05, 3.63) is 59.2 Å². The van der Waals surface area contributed by atoms with Crippen LogP contribution in [-0.4, -0.2) is 36.5 Å². The molecule has 0 saturated carbocycles. The summed E-state index contributed by atoms with van der Waals surface area (Å²) in [6.45, 7) is 7.37. The molecule has 0 aliphatic rings. The first-order valence-corrected chi connectivity index (χ1v) is 8.21. The molecule has 0 spiro atoms. The summed E-state index contributed by atoms with van der Waals surface area (Å²) in [5, 5.41) is 0.766. The summed E-state index contributed by atoms with van der Waals surface area (Å²) in [6.07, 6.45) is 3.14. The predicted molar refractivity (Wildman–Crippen MR) is 94.0 cm³/mol. The number of thiophene rings is 1. The zero-order chi connectivity index (χ0) is 17.7. The van der Waals surface area contributed by atoms with Crippen molar-refractivity contribution in [1.29, 1.82) is 0 Å². The average Bonchev–Trinajstić information content (AvgIpc) is 2.88. The Morgan fingerprint density at radius 1 is 1.29 bits per heavy atom. The molecule has 2 rings (SSSR count). The van der Waals surface area contributed by atoms with Gasteiger partial charge < -0.3 is 9.64 Å². The number of benzene rings is 1. The van der Waals surface area contributed by atoms with Crippen LogP contribution >= 0.6 is 22.9 Å². The number of fused-ring (bicyclic) bond motifs is 1. The molecule has 0 aliphatic carbocycles. The number of ether oxygens (including phenoxy) is 1. The first kappa shape index (κ1) is 18.2. The van der Waals surface area contributed by atoms with Gasteiger partial charge in [-0.15, -0.1) is 24.5 Å². The highest BCUT2D eigenvalue weighted by atomic mass is 35.5. The van der Waals surface area contributed by atoms with E-state index in [0.29, 0.717) is 23.2 Å². The number of hydrogen-bond donors (Lipinski definition) is 0. The summed E-state index contributed by atoms with van der Waals surface area (Å²) >= 11 is 7.17. The molecular formula is C17H15ClFNO3S. The fourth-order valence-corrected chi connectivity index (χ4v) is 3.47. The van der Waals surface area contributed by atoms with Gasteiger partial charge in [0.05, 0.1) is 5.02 Å². The van der Waals surface area contributed by atoms with Gasteiger partial charge in [-0.2, -0.15) is 0 Å². The first-order valence-electron chi connectivity index (χ1n) is 7.02. The van der Waals surface area contributed by atoms with E-state index >= 15 is 0 Å². The number of hydrogen-bond acceptors (Lipinski definition) is 4. The summed E-state index contributed by atoms with van der Waals surface area (Å²) in [4.78, 5) is 25.8. The van der Waals surface area contributed by atoms with Crippen LogP contribution in [-0.2, 0) is 9.53 Å². The van der Waals surface area contributed by atoms with Gasteiger partial charge in [0, 0.05) is 23.2 Å². The second-order valence-electron chi connectivity index (χ2n) is 4.84. The fraction of sp³-hybridized carbons (Fsp3) is 0.176.